The lowest BCUT2D eigenvalue weighted by Crippen LogP contribution is -2.01. The molecule has 0 nitrogen and oxygen atoms in total. The first-order chi connectivity index (χ1) is 16.2. The van der Waals surface area contributed by atoms with Crippen LogP contribution in [0, 0.1) is 0 Å². The molecule has 0 N–H and O–H groups in total. The largest absolute Gasteiger partial charge is 0.0882 e. The van der Waals surface area contributed by atoms with Gasteiger partial charge in [0.1, 0.15) is 0 Å². The van der Waals surface area contributed by atoms with E-state index in [-0.39, 0.29) is 0 Å². The van der Waals surface area contributed by atoms with Gasteiger partial charge in [-0.05, 0) is 69.5 Å². The van der Waals surface area contributed by atoms with E-state index in [1.54, 1.807) is 22.3 Å². The van der Waals surface area contributed by atoms with Crippen molar-refractivity contribution in [2.24, 2.45) is 0 Å². The molecular formula is C32H38S. The zero-order valence-corrected chi connectivity index (χ0v) is 21.7. The van der Waals surface area contributed by atoms with E-state index in [9.17, 15) is 0 Å². The van der Waals surface area contributed by atoms with Crippen LogP contribution in [0.4, 0.5) is 0 Å². The molecule has 0 radical (unpaired) electrons. The van der Waals surface area contributed by atoms with Crippen molar-refractivity contribution in [3.63, 3.8) is 0 Å². The standard InChI is InChI=1S/C32H38S/c1-5-13-23-21-25-17-9-11-19-29(25)31(27(23)15-7-3)33-32-28(16-8-4)24(14-6-2)22-26-18-10-12-20-30(26)32/h9-12,17-22H,5-8,13-16H2,1-4H3. The first-order valence-corrected chi connectivity index (χ1v) is 13.8. The average molecular weight is 455 g/mol. The zero-order chi connectivity index (χ0) is 23.2. The Balaban J connectivity index is 2.02. The van der Waals surface area contributed by atoms with Gasteiger partial charge in [-0.25, -0.2) is 0 Å². The molecule has 0 bridgehead atoms. The maximum Gasteiger partial charge on any atom is 0.0235 e. The van der Waals surface area contributed by atoms with Crippen molar-refractivity contribution in [2.45, 2.75) is 88.9 Å². The quantitative estimate of drug-likeness (QED) is 0.230. The molecule has 0 fully saturated rings. The third-order valence-electron chi connectivity index (χ3n) is 6.64. The molecule has 0 aliphatic rings. The first kappa shape index (κ1) is 23.9. The maximum atomic E-state index is 2.46. The highest BCUT2D eigenvalue weighted by atomic mass is 32.2. The Morgan fingerprint density at radius 1 is 0.515 bits per heavy atom. The topological polar surface area (TPSA) is 0 Å². The molecule has 0 saturated carbocycles. The highest BCUT2D eigenvalue weighted by Crippen LogP contribution is 2.44. The fourth-order valence-corrected chi connectivity index (χ4v) is 6.70. The Labute approximate surface area is 204 Å². The van der Waals surface area contributed by atoms with Gasteiger partial charge in [0.25, 0.3) is 0 Å². The molecule has 4 aromatic rings. The molecule has 0 aliphatic carbocycles. The minimum Gasteiger partial charge on any atom is -0.0882 e. The van der Waals surface area contributed by atoms with E-state index in [4.69, 9.17) is 0 Å². The van der Waals surface area contributed by atoms with Gasteiger partial charge in [0.15, 0.2) is 0 Å². The summed E-state index contributed by atoms with van der Waals surface area (Å²) in [7, 11) is 0. The summed E-state index contributed by atoms with van der Waals surface area (Å²) in [6.07, 6.45) is 9.36. The summed E-state index contributed by atoms with van der Waals surface area (Å²) >= 11 is 2.06. The van der Waals surface area contributed by atoms with Gasteiger partial charge in [0.05, 0.1) is 0 Å². The number of hydrogen-bond donors (Lipinski definition) is 0. The van der Waals surface area contributed by atoms with Crippen LogP contribution in [-0.2, 0) is 25.7 Å². The van der Waals surface area contributed by atoms with Gasteiger partial charge >= 0.3 is 0 Å². The molecule has 1 heteroatoms. The van der Waals surface area contributed by atoms with Gasteiger partial charge in [-0.1, -0.05) is 126 Å². The van der Waals surface area contributed by atoms with E-state index < -0.39 is 0 Å². The van der Waals surface area contributed by atoms with E-state index in [2.05, 4.69) is 100 Å². The van der Waals surface area contributed by atoms with Gasteiger partial charge in [-0.2, -0.15) is 0 Å². The van der Waals surface area contributed by atoms with Crippen LogP contribution >= 0.6 is 11.8 Å². The third-order valence-corrected chi connectivity index (χ3v) is 7.98. The Kier molecular flexibility index (Phi) is 8.15. The number of rotatable bonds is 10. The Hall–Kier alpha value is -2.25. The summed E-state index contributed by atoms with van der Waals surface area (Å²) in [4.78, 5) is 2.99. The van der Waals surface area contributed by atoms with Crippen LogP contribution in [0.5, 0.6) is 0 Å². The molecule has 172 valence electrons. The molecule has 33 heavy (non-hydrogen) atoms. The SMILES string of the molecule is CCCc1cc2ccccc2c(Sc2c(CCC)c(CCC)cc3ccccc23)c1CCC. The Bertz CT molecular complexity index is 1140. The molecule has 0 heterocycles. The van der Waals surface area contributed by atoms with Gasteiger partial charge in [-0.15, -0.1) is 0 Å². The summed E-state index contributed by atoms with van der Waals surface area (Å²) in [6.45, 7) is 9.25. The zero-order valence-electron chi connectivity index (χ0n) is 20.8. The molecule has 4 aromatic carbocycles. The number of benzene rings is 4. The smallest absolute Gasteiger partial charge is 0.0235 e. The number of hydrogen-bond acceptors (Lipinski definition) is 1. The minimum atomic E-state index is 1.15. The lowest BCUT2D eigenvalue weighted by molar-refractivity contribution is 0.844. The van der Waals surface area contributed by atoms with Gasteiger partial charge < -0.3 is 0 Å². The molecule has 0 saturated heterocycles. The molecule has 0 aromatic heterocycles. The summed E-state index contributed by atoms with van der Waals surface area (Å²) in [5.41, 5.74) is 6.25. The van der Waals surface area contributed by atoms with Gasteiger partial charge in [0, 0.05) is 9.79 Å². The second-order valence-corrected chi connectivity index (χ2v) is 10.3. The van der Waals surface area contributed by atoms with E-state index >= 15 is 0 Å². The van der Waals surface area contributed by atoms with Crippen molar-refractivity contribution in [1.29, 1.82) is 0 Å². The van der Waals surface area contributed by atoms with Crippen molar-refractivity contribution < 1.29 is 0 Å². The van der Waals surface area contributed by atoms with Crippen molar-refractivity contribution in [3.8, 4) is 0 Å². The Morgan fingerprint density at radius 3 is 1.30 bits per heavy atom. The van der Waals surface area contributed by atoms with Crippen LogP contribution in [0.1, 0.15) is 75.6 Å². The molecule has 0 atom stereocenters. The minimum absolute atomic E-state index is 1.15. The van der Waals surface area contributed by atoms with E-state index in [0.717, 1.165) is 25.7 Å². The summed E-state index contributed by atoms with van der Waals surface area (Å²) in [6, 6.07) is 23.0. The highest BCUT2D eigenvalue weighted by molar-refractivity contribution is 8.00. The van der Waals surface area contributed by atoms with E-state index in [0.29, 0.717) is 0 Å². The molecular weight excluding hydrogens is 416 g/mol. The van der Waals surface area contributed by atoms with Crippen LogP contribution in [-0.4, -0.2) is 0 Å². The van der Waals surface area contributed by atoms with E-state index in [1.807, 2.05) is 0 Å². The molecule has 0 aliphatic heterocycles. The summed E-state index contributed by atoms with van der Waals surface area (Å²) < 4.78 is 0. The van der Waals surface area contributed by atoms with E-state index in [1.165, 1.54) is 57.0 Å². The van der Waals surface area contributed by atoms with Crippen molar-refractivity contribution in [1.82, 2.24) is 0 Å². The fourth-order valence-electron chi connectivity index (χ4n) is 5.19. The van der Waals surface area contributed by atoms with Crippen molar-refractivity contribution >= 4 is 33.3 Å². The van der Waals surface area contributed by atoms with Gasteiger partial charge in [-0.3, -0.25) is 0 Å². The van der Waals surface area contributed by atoms with Crippen LogP contribution in [0.3, 0.4) is 0 Å². The van der Waals surface area contributed by atoms with Crippen LogP contribution in [0.2, 0.25) is 0 Å². The average Bonchev–Trinajstić information content (AvgIpc) is 2.83. The maximum absolute atomic E-state index is 2.46. The lowest BCUT2D eigenvalue weighted by Gasteiger charge is -2.21. The molecule has 4 rings (SSSR count). The second-order valence-electron chi connectivity index (χ2n) is 9.23. The molecule has 0 unspecified atom stereocenters. The van der Waals surface area contributed by atoms with Gasteiger partial charge in [0.2, 0.25) is 0 Å². The highest BCUT2D eigenvalue weighted by Gasteiger charge is 2.19. The van der Waals surface area contributed by atoms with Crippen molar-refractivity contribution in [3.05, 3.63) is 82.9 Å². The third kappa shape index (κ3) is 4.99. The van der Waals surface area contributed by atoms with Crippen molar-refractivity contribution in [2.75, 3.05) is 0 Å². The lowest BCUT2D eigenvalue weighted by atomic mass is 9.95. The van der Waals surface area contributed by atoms with Crippen LogP contribution in [0.25, 0.3) is 21.5 Å². The predicted octanol–water partition coefficient (Wildman–Crippen LogP) is 9.95. The summed E-state index contributed by atoms with van der Waals surface area (Å²) in [5.74, 6) is 0. The predicted molar refractivity (Wildman–Crippen MR) is 148 cm³/mol. The summed E-state index contributed by atoms with van der Waals surface area (Å²) in [5, 5.41) is 5.60. The first-order valence-electron chi connectivity index (χ1n) is 13.0. The van der Waals surface area contributed by atoms with Crippen LogP contribution in [0.15, 0.2) is 70.5 Å². The fraction of sp³-hybridized carbons (Fsp3) is 0.375. The number of fused-ring (bicyclic) bond motifs is 2. The number of aryl methyl sites for hydroxylation is 2. The van der Waals surface area contributed by atoms with Crippen LogP contribution < -0.4 is 0 Å². The molecule has 0 amide bonds. The second kappa shape index (κ2) is 11.3. The monoisotopic (exact) mass is 454 g/mol. The molecule has 0 spiro atoms. The normalized spacial score (nSPS) is 11.5. The Morgan fingerprint density at radius 2 is 0.909 bits per heavy atom.